The largest absolute Gasteiger partial charge is 0.326 e. The van der Waals surface area contributed by atoms with Crippen LogP contribution in [0.5, 0.6) is 0 Å². The zero-order valence-corrected chi connectivity index (χ0v) is 8.17. The Labute approximate surface area is 85.7 Å². The monoisotopic (exact) mass is 214 g/mol. The van der Waals surface area contributed by atoms with E-state index in [0.717, 1.165) is 5.56 Å². The molecule has 0 unspecified atom stereocenters. The number of hydrogen-bond acceptors (Lipinski definition) is 2. The number of halogens is 2. The second-order valence-electron chi connectivity index (χ2n) is 3.79. The lowest BCUT2D eigenvalue weighted by Gasteiger charge is -2.34. The van der Waals surface area contributed by atoms with Gasteiger partial charge in [-0.15, -0.1) is 0 Å². The fourth-order valence-electron chi connectivity index (χ4n) is 1.62. The minimum atomic E-state index is -0.764. The zero-order chi connectivity index (χ0) is 10.8. The third kappa shape index (κ3) is 2.41. The van der Waals surface area contributed by atoms with Crippen LogP contribution in [-0.4, -0.2) is 35.7 Å². The molecule has 1 aliphatic heterocycles. The van der Waals surface area contributed by atoms with Gasteiger partial charge in [0.25, 0.3) is 5.56 Å². The van der Waals surface area contributed by atoms with Gasteiger partial charge in [-0.25, -0.2) is 8.78 Å². The summed E-state index contributed by atoms with van der Waals surface area (Å²) in [6, 6.07) is 1.23. The Morgan fingerprint density at radius 1 is 1.53 bits per heavy atom. The molecule has 0 spiro atoms. The molecular weight excluding hydrogens is 202 g/mol. The third-order valence-corrected chi connectivity index (χ3v) is 2.55. The van der Waals surface area contributed by atoms with Crippen LogP contribution in [0.3, 0.4) is 0 Å². The lowest BCUT2D eigenvalue weighted by Crippen LogP contribution is -2.48. The average Bonchev–Trinajstić information content (AvgIpc) is 2.16. The molecule has 1 saturated heterocycles. The highest BCUT2D eigenvalue weighted by Crippen LogP contribution is 2.11. The normalized spacial score (nSPS) is 17.7. The number of aromatic amines is 1. The average molecular weight is 214 g/mol. The van der Waals surface area contributed by atoms with Crippen molar-refractivity contribution in [1.29, 1.82) is 0 Å². The molecule has 0 radical (unpaired) electrons. The van der Waals surface area contributed by atoms with E-state index in [2.05, 4.69) is 4.98 Å². The van der Waals surface area contributed by atoms with E-state index in [-0.39, 0.29) is 0 Å². The van der Waals surface area contributed by atoms with Gasteiger partial charge in [0.15, 0.2) is 5.82 Å². The summed E-state index contributed by atoms with van der Waals surface area (Å²) in [5.74, 6) is -0.764. The van der Waals surface area contributed by atoms with Crippen molar-refractivity contribution in [2.24, 2.45) is 0 Å². The Balaban J connectivity index is 1.88. The predicted octanol–water partition coefficient (Wildman–Crippen LogP) is 0.710. The van der Waals surface area contributed by atoms with Crippen molar-refractivity contribution in [3.63, 3.8) is 0 Å². The van der Waals surface area contributed by atoms with Gasteiger partial charge in [-0.2, -0.15) is 0 Å². The van der Waals surface area contributed by atoms with Gasteiger partial charge >= 0.3 is 0 Å². The van der Waals surface area contributed by atoms with Crippen LogP contribution in [0.2, 0.25) is 0 Å². The topological polar surface area (TPSA) is 36.1 Å². The van der Waals surface area contributed by atoms with Crippen molar-refractivity contribution in [3.8, 4) is 0 Å². The molecule has 5 heteroatoms. The van der Waals surface area contributed by atoms with Gasteiger partial charge in [-0.1, -0.05) is 0 Å². The molecule has 0 atom stereocenters. The molecule has 3 nitrogen and oxygen atoms in total. The predicted molar refractivity (Wildman–Crippen MR) is 52.1 cm³/mol. The van der Waals surface area contributed by atoms with Crippen LogP contribution in [-0.2, 0) is 6.42 Å². The van der Waals surface area contributed by atoms with Crippen molar-refractivity contribution in [1.82, 2.24) is 9.88 Å². The number of nitrogens with zero attached hydrogens (tertiary/aromatic N) is 1. The molecule has 0 bridgehead atoms. The summed E-state index contributed by atoms with van der Waals surface area (Å²) in [5, 5.41) is 0. The summed E-state index contributed by atoms with van der Waals surface area (Å²) < 4.78 is 25.3. The van der Waals surface area contributed by atoms with Crippen LogP contribution in [0.4, 0.5) is 8.78 Å². The number of nitrogens with one attached hydrogen (secondary N) is 1. The van der Waals surface area contributed by atoms with E-state index in [4.69, 9.17) is 0 Å². The van der Waals surface area contributed by atoms with Crippen LogP contribution in [0, 0.1) is 5.82 Å². The van der Waals surface area contributed by atoms with Gasteiger partial charge in [-0.05, 0) is 18.1 Å². The summed E-state index contributed by atoms with van der Waals surface area (Å²) in [4.78, 5) is 15.0. The lowest BCUT2D eigenvalue weighted by molar-refractivity contribution is 0.0670. The molecule has 15 heavy (non-hydrogen) atoms. The number of H-pyrrole nitrogens is 1. The van der Waals surface area contributed by atoms with Crippen molar-refractivity contribution < 1.29 is 8.78 Å². The van der Waals surface area contributed by atoms with E-state index in [1.54, 1.807) is 0 Å². The lowest BCUT2D eigenvalue weighted by atomic mass is 10.1. The molecule has 1 aromatic rings. The molecular formula is C10H12F2N2O. The molecule has 0 amide bonds. The van der Waals surface area contributed by atoms with Gasteiger partial charge in [0, 0.05) is 25.8 Å². The van der Waals surface area contributed by atoms with Gasteiger partial charge < -0.3 is 4.98 Å². The summed E-state index contributed by atoms with van der Waals surface area (Å²) in [7, 11) is 0. The summed E-state index contributed by atoms with van der Waals surface area (Å²) in [6.45, 7) is 1.63. The number of alkyl halides is 1. The Kier molecular flexibility index (Phi) is 2.81. The molecule has 2 rings (SSSR count). The minimum absolute atomic E-state index is 0.464. The third-order valence-electron chi connectivity index (χ3n) is 2.55. The maximum absolute atomic E-state index is 12.8. The Bertz CT molecular complexity index is 399. The number of pyridine rings is 1. The first kappa shape index (κ1) is 10.3. The fourth-order valence-corrected chi connectivity index (χ4v) is 1.62. The molecule has 1 N–H and O–H groups in total. The molecule has 2 heterocycles. The van der Waals surface area contributed by atoms with Crippen LogP contribution < -0.4 is 5.56 Å². The van der Waals surface area contributed by atoms with E-state index in [0.29, 0.717) is 26.1 Å². The number of aromatic nitrogens is 1. The molecule has 82 valence electrons. The minimum Gasteiger partial charge on any atom is -0.326 e. The van der Waals surface area contributed by atoms with Crippen molar-refractivity contribution in [2.75, 3.05) is 19.6 Å². The first-order chi connectivity index (χ1) is 7.15. The Morgan fingerprint density at radius 3 is 2.87 bits per heavy atom. The highest BCUT2D eigenvalue weighted by Gasteiger charge is 2.25. The number of rotatable bonds is 3. The molecule has 0 aliphatic carbocycles. The van der Waals surface area contributed by atoms with Gasteiger partial charge in [0.05, 0.1) is 0 Å². The van der Waals surface area contributed by atoms with E-state index < -0.39 is 17.5 Å². The molecule has 0 saturated carbocycles. The standard InChI is InChI=1S/C10H12F2N2O/c11-8-5-14(6-8)2-1-7-3-9(12)10(15)13-4-7/h3-4,8H,1-2,5-6H2,(H,13,15). The van der Waals surface area contributed by atoms with Crippen molar-refractivity contribution in [3.05, 3.63) is 34.0 Å². The Hall–Kier alpha value is -1.23. The Morgan fingerprint density at radius 2 is 2.27 bits per heavy atom. The zero-order valence-electron chi connectivity index (χ0n) is 8.17. The van der Waals surface area contributed by atoms with Crippen LogP contribution >= 0.6 is 0 Å². The summed E-state index contributed by atoms with van der Waals surface area (Å²) in [6.07, 6.45) is 1.41. The number of hydrogen-bond donors (Lipinski definition) is 1. The summed E-state index contributed by atoms with van der Waals surface area (Å²) >= 11 is 0. The maximum Gasteiger partial charge on any atom is 0.283 e. The first-order valence-corrected chi connectivity index (χ1v) is 4.88. The van der Waals surface area contributed by atoms with E-state index in [1.165, 1.54) is 12.3 Å². The fraction of sp³-hybridized carbons (Fsp3) is 0.500. The van der Waals surface area contributed by atoms with Gasteiger partial charge in [0.1, 0.15) is 6.17 Å². The second-order valence-corrected chi connectivity index (χ2v) is 3.79. The van der Waals surface area contributed by atoms with Gasteiger partial charge in [-0.3, -0.25) is 9.69 Å². The highest BCUT2D eigenvalue weighted by molar-refractivity contribution is 5.10. The summed E-state index contributed by atoms with van der Waals surface area (Å²) in [5.41, 5.74) is 0.0286. The van der Waals surface area contributed by atoms with Crippen LogP contribution in [0.25, 0.3) is 0 Å². The number of likely N-dealkylation sites (tertiary alicyclic amines) is 1. The van der Waals surface area contributed by atoms with E-state index >= 15 is 0 Å². The maximum atomic E-state index is 12.8. The van der Waals surface area contributed by atoms with Crippen LogP contribution in [0.1, 0.15) is 5.56 Å². The smallest absolute Gasteiger partial charge is 0.283 e. The highest BCUT2D eigenvalue weighted by atomic mass is 19.1. The quantitative estimate of drug-likeness (QED) is 0.804. The van der Waals surface area contributed by atoms with Gasteiger partial charge in [0.2, 0.25) is 0 Å². The van der Waals surface area contributed by atoms with E-state index in [1.807, 2.05) is 4.90 Å². The molecule has 1 aliphatic rings. The molecule has 1 aromatic heterocycles. The second kappa shape index (κ2) is 4.10. The van der Waals surface area contributed by atoms with Crippen molar-refractivity contribution >= 4 is 0 Å². The van der Waals surface area contributed by atoms with Crippen molar-refractivity contribution in [2.45, 2.75) is 12.6 Å². The first-order valence-electron chi connectivity index (χ1n) is 4.88. The van der Waals surface area contributed by atoms with Crippen LogP contribution in [0.15, 0.2) is 17.1 Å². The molecule has 1 fully saturated rings. The SMILES string of the molecule is O=c1[nH]cc(CCN2CC(F)C2)cc1F. The molecule has 0 aromatic carbocycles. The van der Waals surface area contributed by atoms with E-state index in [9.17, 15) is 13.6 Å².